The predicted octanol–water partition coefficient (Wildman–Crippen LogP) is -6.08. The van der Waals surface area contributed by atoms with Gasteiger partial charge in [-0.3, -0.25) is 19.7 Å². The summed E-state index contributed by atoms with van der Waals surface area (Å²) in [4.78, 5) is 47.6. The molecular formula is C31H45N3O21. The molecule has 3 aliphatic rings. The van der Waals surface area contributed by atoms with Crippen molar-refractivity contribution in [3.63, 3.8) is 0 Å². The Labute approximate surface area is 310 Å². The Kier molecular flexibility index (Phi) is 14.8. The molecular weight excluding hydrogens is 750 g/mol. The number of hydrogen-bond donors (Lipinski definition) is 12. The summed E-state index contributed by atoms with van der Waals surface area (Å²) in [6, 6.07) is 1.35. The molecule has 0 aromatic heterocycles. The second-order valence-corrected chi connectivity index (χ2v) is 13.1. The molecule has 24 nitrogen and oxygen atoms in total. The summed E-state index contributed by atoms with van der Waals surface area (Å²) in [7, 11) is 0. The third kappa shape index (κ3) is 9.99. The van der Waals surface area contributed by atoms with Crippen LogP contribution in [0.5, 0.6) is 5.75 Å². The minimum Gasteiger partial charge on any atom is -0.477 e. The average molecular weight is 796 g/mol. The van der Waals surface area contributed by atoms with E-state index in [0.717, 1.165) is 38.1 Å². The lowest BCUT2D eigenvalue weighted by molar-refractivity contribution is -0.384. The second-order valence-electron chi connectivity index (χ2n) is 13.1. The fourth-order valence-electron chi connectivity index (χ4n) is 6.31. The Morgan fingerprint density at radius 3 is 2.05 bits per heavy atom. The van der Waals surface area contributed by atoms with Crippen LogP contribution in [0.15, 0.2) is 24.3 Å². The van der Waals surface area contributed by atoms with Crippen molar-refractivity contribution < 1.29 is 98.8 Å². The number of carbonyl (C=O) groups is 3. The molecule has 0 radical (unpaired) electrons. The maximum Gasteiger partial charge on any atom is 0.364 e. The monoisotopic (exact) mass is 795 g/mol. The topological polar surface area (TPSA) is 376 Å². The number of nitro groups is 1. The quantitative estimate of drug-likeness (QED) is 0.0580. The fraction of sp³-hybridized carbons (Fsp3) is 0.710. The van der Waals surface area contributed by atoms with Gasteiger partial charge in [0.25, 0.3) is 11.5 Å². The zero-order valence-corrected chi connectivity index (χ0v) is 29.2. The molecule has 1 aromatic rings. The highest BCUT2D eigenvalue weighted by Crippen LogP contribution is 2.36. The van der Waals surface area contributed by atoms with Gasteiger partial charge in [-0.15, -0.1) is 0 Å². The molecule has 0 bridgehead atoms. The molecule has 1 aromatic carbocycles. The first-order valence-electron chi connectivity index (χ1n) is 16.8. The Balaban J connectivity index is 1.71. The Morgan fingerprint density at radius 1 is 0.909 bits per heavy atom. The van der Waals surface area contributed by atoms with Gasteiger partial charge in [-0.25, -0.2) is 4.79 Å². The lowest BCUT2D eigenvalue weighted by Gasteiger charge is -2.49. The minimum absolute atomic E-state index is 0.0994. The first-order valence-corrected chi connectivity index (χ1v) is 16.8. The van der Waals surface area contributed by atoms with Crippen molar-refractivity contribution in [3.8, 4) is 5.75 Å². The largest absolute Gasteiger partial charge is 0.477 e. The van der Waals surface area contributed by atoms with E-state index in [1.807, 2.05) is 0 Å². The van der Waals surface area contributed by atoms with Crippen LogP contribution in [0, 0.1) is 10.1 Å². The predicted molar refractivity (Wildman–Crippen MR) is 173 cm³/mol. The summed E-state index contributed by atoms with van der Waals surface area (Å²) in [5.74, 6) is -6.41. The molecule has 3 heterocycles. The van der Waals surface area contributed by atoms with E-state index in [2.05, 4.69) is 10.6 Å². The van der Waals surface area contributed by atoms with Crippen LogP contribution in [-0.2, 0) is 38.1 Å². The Bertz CT molecular complexity index is 1490. The van der Waals surface area contributed by atoms with Crippen molar-refractivity contribution in [2.45, 2.75) is 118 Å². The number of nitrogens with zero attached hydrogens (tertiary/aromatic N) is 1. The maximum absolute atomic E-state index is 12.7. The number of carbonyl (C=O) groups excluding carboxylic acids is 2. The van der Waals surface area contributed by atoms with Gasteiger partial charge in [0, 0.05) is 32.4 Å². The minimum atomic E-state index is -2.91. The van der Waals surface area contributed by atoms with Crippen LogP contribution >= 0.6 is 0 Å². The van der Waals surface area contributed by atoms with Crippen LogP contribution in [0.3, 0.4) is 0 Å². The first-order chi connectivity index (χ1) is 25.8. The number of amides is 2. The molecule has 3 saturated heterocycles. The number of nitro benzene ring substituents is 1. The van der Waals surface area contributed by atoms with Gasteiger partial charge in [-0.05, 0) is 12.1 Å². The van der Waals surface area contributed by atoms with Gasteiger partial charge in [0.05, 0.1) is 36.9 Å². The van der Waals surface area contributed by atoms with Crippen LogP contribution in [0.25, 0.3) is 0 Å². The molecule has 12 N–H and O–H groups in total. The van der Waals surface area contributed by atoms with Crippen LogP contribution < -0.4 is 15.4 Å². The second kappa shape index (κ2) is 18.5. The summed E-state index contributed by atoms with van der Waals surface area (Å²) >= 11 is 0. The summed E-state index contributed by atoms with van der Waals surface area (Å²) in [6.07, 6.45) is -25.2. The van der Waals surface area contributed by atoms with Gasteiger partial charge in [0.15, 0.2) is 6.29 Å². The zero-order chi connectivity index (χ0) is 40.9. The number of nitrogens with one attached hydrogen (secondary N) is 2. The third-order valence-corrected chi connectivity index (χ3v) is 9.15. The van der Waals surface area contributed by atoms with Crippen molar-refractivity contribution in [2.75, 3.05) is 19.8 Å². The van der Waals surface area contributed by atoms with E-state index < -0.39 is 147 Å². The van der Waals surface area contributed by atoms with E-state index in [1.54, 1.807) is 0 Å². The van der Waals surface area contributed by atoms with E-state index >= 15 is 0 Å². The molecule has 16 atom stereocenters. The number of benzene rings is 1. The summed E-state index contributed by atoms with van der Waals surface area (Å²) in [6.45, 7) is -0.811. The number of hydrogen-bond acceptors (Lipinski definition) is 20. The standard InChI is InChI=1S/C31H45N3O21/c1-11(37)32-19-15(39)7-31(30(46)47,55-27(19)21(41)16(40)8-35)50-10-18-23(43)26(54-29-25(45)24(44)22(42)17(9-36)52-29)20(33-12(2)38)28(53-18)51-14-5-3-13(4-6-14)34(48)49/h3-6,15-29,35-36,39-45H,7-10H2,1-2H3,(H,32,37)(H,33,38)(H,46,47)/t15-,16+,17+,18+,19+,20+,21+,22-,23+,24-,25+,26+,27+,28+,29-,31+/m0/s1. The van der Waals surface area contributed by atoms with Crippen LogP contribution in [0.2, 0.25) is 0 Å². The summed E-state index contributed by atoms with van der Waals surface area (Å²) in [5.41, 5.74) is -0.329. The van der Waals surface area contributed by atoms with Crippen LogP contribution in [0.4, 0.5) is 5.69 Å². The average Bonchev–Trinajstić information content (AvgIpc) is 3.13. The lowest BCUT2D eigenvalue weighted by atomic mass is 9.88. The van der Waals surface area contributed by atoms with E-state index in [1.165, 1.54) is 0 Å². The van der Waals surface area contributed by atoms with Gasteiger partial charge in [0.2, 0.25) is 18.1 Å². The number of rotatable bonds is 15. The molecule has 310 valence electrons. The molecule has 24 heteroatoms. The normalized spacial score (nSPS) is 37.6. The molecule has 55 heavy (non-hydrogen) atoms. The van der Waals surface area contributed by atoms with Gasteiger partial charge in [-0.2, -0.15) is 0 Å². The van der Waals surface area contributed by atoms with Crippen molar-refractivity contribution in [1.29, 1.82) is 0 Å². The summed E-state index contributed by atoms with van der Waals surface area (Å²) in [5, 5.41) is 120. The molecule has 2 amide bonds. The van der Waals surface area contributed by atoms with E-state index in [0.29, 0.717) is 0 Å². The summed E-state index contributed by atoms with van der Waals surface area (Å²) < 4.78 is 34.3. The molecule has 0 aliphatic carbocycles. The van der Waals surface area contributed by atoms with Crippen LogP contribution in [-0.4, -0.2) is 191 Å². The van der Waals surface area contributed by atoms with Crippen LogP contribution in [0.1, 0.15) is 20.3 Å². The number of aliphatic carboxylic acids is 1. The number of ether oxygens (including phenoxy) is 6. The van der Waals surface area contributed by atoms with Gasteiger partial charge < -0.3 is 90.1 Å². The SMILES string of the molecule is CC(=O)N[C@H]1[C@H](Oc2ccc([N+](=O)[O-])cc2)O[C@H](CO[C@]2(C(=O)O)C[C@H](O)[C@@H](NC(C)=O)[C@H]([C@H](O)[C@H](O)CO)O2)[C@@H](O)[C@@H]1O[C@@H]1O[C@H](CO)[C@H](O)[C@H](O)[C@H]1O. The third-order valence-electron chi connectivity index (χ3n) is 9.15. The van der Waals surface area contributed by atoms with E-state index in [9.17, 15) is 75.6 Å². The number of carboxylic acids is 1. The molecule has 4 rings (SSSR count). The lowest BCUT2D eigenvalue weighted by Crippen LogP contribution is -2.70. The van der Waals surface area contributed by atoms with E-state index in [4.69, 9.17) is 28.4 Å². The molecule has 0 unspecified atom stereocenters. The number of carboxylic acid groups (broad SMARTS) is 1. The fourth-order valence-corrected chi connectivity index (χ4v) is 6.31. The van der Waals surface area contributed by atoms with Gasteiger partial charge in [-0.1, -0.05) is 0 Å². The smallest absolute Gasteiger partial charge is 0.364 e. The zero-order valence-electron chi connectivity index (χ0n) is 29.2. The van der Waals surface area contributed by atoms with Crippen molar-refractivity contribution >= 4 is 23.5 Å². The molecule has 0 saturated carbocycles. The van der Waals surface area contributed by atoms with Gasteiger partial charge >= 0.3 is 5.97 Å². The number of non-ortho nitro benzene ring substituents is 1. The van der Waals surface area contributed by atoms with Crippen molar-refractivity contribution in [2.24, 2.45) is 0 Å². The number of aliphatic hydroxyl groups is 9. The molecule has 3 fully saturated rings. The Hall–Kier alpha value is -3.73. The van der Waals surface area contributed by atoms with Crippen molar-refractivity contribution in [1.82, 2.24) is 10.6 Å². The van der Waals surface area contributed by atoms with E-state index in [-0.39, 0.29) is 11.4 Å². The molecule has 3 aliphatic heterocycles. The highest BCUT2D eigenvalue weighted by Gasteiger charge is 2.58. The highest BCUT2D eigenvalue weighted by molar-refractivity contribution is 5.76. The Morgan fingerprint density at radius 2 is 1.51 bits per heavy atom. The van der Waals surface area contributed by atoms with Gasteiger partial charge in [0.1, 0.15) is 72.8 Å². The molecule has 0 spiro atoms. The van der Waals surface area contributed by atoms with Crippen molar-refractivity contribution in [3.05, 3.63) is 34.4 Å². The highest BCUT2D eigenvalue weighted by atomic mass is 16.8. The maximum atomic E-state index is 12.7. The first kappa shape index (κ1) is 44.0. The number of aliphatic hydroxyl groups excluding tert-OH is 9.